The second-order valence-electron chi connectivity index (χ2n) is 4.47. The molecule has 5 nitrogen and oxygen atoms in total. The quantitative estimate of drug-likeness (QED) is 0.494. The Hall–Kier alpha value is -2.53. The van der Waals surface area contributed by atoms with Crippen LogP contribution in [-0.2, 0) is 0 Å². The van der Waals surface area contributed by atoms with Crippen molar-refractivity contribution in [1.82, 2.24) is 14.8 Å². The predicted molar refractivity (Wildman–Crippen MR) is 78.5 cm³/mol. The molecule has 0 radical (unpaired) electrons. The highest BCUT2D eigenvalue weighted by molar-refractivity contribution is 6.31. The lowest BCUT2D eigenvalue weighted by atomic mass is 10.2. The molecule has 0 saturated heterocycles. The summed E-state index contributed by atoms with van der Waals surface area (Å²) in [5.74, 6) is 0. The minimum atomic E-state index is 0.364. The molecule has 4 aromatic rings. The third-order valence-corrected chi connectivity index (χ3v) is 3.61. The van der Waals surface area contributed by atoms with Gasteiger partial charge in [-0.05, 0) is 29.4 Å². The molecule has 0 fully saturated rings. The zero-order chi connectivity index (χ0) is 13.7. The molecule has 0 N–H and O–H groups in total. The van der Waals surface area contributed by atoms with Crippen LogP contribution in [0.1, 0.15) is 0 Å². The second kappa shape index (κ2) is 3.98. The number of hydrogen-bond donors (Lipinski definition) is 0. The molecule has 0 saturated carbocycles. The molecule has 2 aromatic carbocycles. The number of halogens is 1. The van der Waals surface area contributed by atoms with E-state index >= 15 is 0 Å². The molecule has 6 heteroatoms. The van der Waals surface area contributed by atoms with Crippen LogP contribution in [0.5, 0.6) is 0 Å². The maximum Gasteiger partial charge on any atom is 0.143 e. The molecule has 0 aliphatic heterocycles. The summed E-state index contributed by atoms with van der Waals surface area (Å²) < 4.78 is 1.63. The van der Waals surface area contributed by atoms with Gasteiger partial charge in [0, 0.05) is 15.8 Å². The van der Waals surface area contributed by atoms with Gasteiger partial charge in [-0.1, -0.05) is 35.0 Å². The topological polar surface area (TPSA) is 59.6 Å². The molecule has 20 heavy (non-hydrogen) atoms. The summed E-state index contributed by atoms with van der Waals surface area (Å²) in [6, 6.07) is 12.8. The van der Waals surface area contributed by atoms with Crippen molar-refractivity contribution in [1.29, 1.82) is 0 Å². The lowest BCUT2D eigenvalue weighted by molar-refractivity contribution is 0.855. The Kier molecular flexibility index (Phi) is 2.25. The van der Waals surface area contributed by atoms with Crippen molar-refractivity contribution in [3.63, 3.8) is 0 Å². The summed E-state index contributed by atoms with van der Waals surface area (Å²) in [5.41, 5.74) is 2.47. The minimum absolute atomic E-state index is 0.364. The monoisotopic (exact) mass is 282 g/mol. The predicted octanol–water partition coefficient (Wildman–Crippen LogP) is 4.09. The highest BCUT2D eigenvalue weighted by Gasteiger charge is 2.16. The number of fused-ring (bicyclic) bond motifs is 5. The van der Waals surface area contributed by atoms with Crippen LogP contribution in [0.25, 0.3) is 27.3 Å². The van der Waals surface area contributed by atoms with Gasteiger partial charge in [0.15, 0.2) is 0 Å². The van der Waals surface area contributed by atoms with Crippen molar-refractivity contribution in [2.45, 2.75) is 0 Å². The first-order valence-electron chi connectivity index (χ1n) is 5.98. The molecule has 2 heterocycles. The number of para-hydroxylation sites is 1. The number of nitrogens with zero attached hydrogens (tertiary/aromatic N) is 4. The molecule has 0 spiro atoms. The van der Waals surface area contributed by atoms with Gasteiger partial charge in [0.1, 0.15) is 11.2 Å². The molecular formula is C14H7ClN4O. The van der Waals surface area contributed by atoms with Gasteiger partial charge >= 0.3 is 0 Å². The van der Waals surface area contributed by atoms with Crippen LogP contribution in [0.3, 0.4) is 0 Å². The van der Waals surface area contributed by atoms with Crippen LogP contribution >= 0.6 is 11.6 Å². The van der Waals surface area contributed by atoms with E-state index in [-0.39, 0.29) is 0 Å². The fourth-order valence-electron chi connectivity index (χ4n) is 2.51. The summed E-state index contributed by atoms with van der Waals surface area (Å²) in [4.78, 5) is 11.3. The van der Waals surface area contributed by atoms with E-state index in [9.17, 15) is 4.91 Å². The van der Waals surface area contributed by atoms with Crippen LogP contribution < -0.4 is 0 Å². The van der Waals surface area contributed by atoms with Crippen molar-refractivity contribution in [3.05, 3.63) is 52.4 Å². The molecule has 2 aromatic heterocycles. The summed E-state index contributed by atoms with van der Waals surface area (Å²) in [7, 11) is 0. The number of hydrogen-bond acceptors (Lipinski definition) is 4. The van der Waals surface area contributed by atoms with Crippen molar-refractivity contribution in [2.24, 2.45) is 5.18 Å². The molecule has 0 unspecified atom stereocenters. The van der Waals surface area contributed by atoms with E-state index in [1.165, 1.54) is 0 Å². The number of rotatable bonds is 1. The summed E-state index contributed by atoms with van der Waals surface area (Å²) in [6.45, 7) is 0. The van der Waals surface area contributed by atoms with E-state index in [0.717, 1.165) is 16.3 Å². The maximum atomic E-state index is 11.3. The van der Waals surface area contributed by atoms with Crippen LogP contribution in [0.4, 0.5) is 5.69 Å². The van der Waals surface area contributed by atoms with Gasteiger partial charge in [-0.25, -0.2) is 4.52 Å². The first kappa shape index (κ1) is 11.3. The molecule has 0 aliphatic carbocycles. The molecular weight excluding hydrogens is 276 g/mol. The number of nitroso groups, excluding NO2 is 1. The van der Waals surface area contributed by atoms with E-state index in [2.05, 4.69) is 15.5 Å². The lowest BCUT2D eigenvalue weighted by Crippen LogP contribution is -1.95. The normalized spacial score (nSPS) is 11.4. The second-order valence-corrected chi connectivity index (χ2v) is 4.90. The average molecular weight is 283 g/mol. The summed E-state index contributed by atoms with van der Waals surface area (Å²) in [5, 5.41) is 13.6. The van der Waals surface area contributed by atoms with Gasteiger partial charge in [0.05, 0.1) is 11.0 Å². The highest BCUT2D eigenvalue weighted by Crippen LogP contribution is 2.36. The van der Waals surface area contributed by atoms with E-state index in [0.29, 0.717) is 21.7 Å². The van der Waals surface area contributed by atoms with E-state index in [1.54, 1.807) is 22.7 Å². The Morgan fingerprint density at radius 1 is 1.10 bits per heavy atom. The van der Waals surface area contributed by atoms with Gasteiger partial charge in [0.2, 0.25) is 0 Å². The van der Waals surface area contributed by atoms with E-state index < -0.39 is 0 Å². The van der Waals surface area contributed by atoms with Gasteiger partial charge in [-0.3, -0.25) is 0 Å². The Labute approximate surface area is 117 Å². The van der Waals surface area contributed by atoms with Gasteiger partial charge in [0.25, 0.3) is 0 Å². The van der Waals surface area contributed by atoms with E-state index in [1.807, 2.05) is 24.3 Å². The SMILES string of the molecule is O=Nc1c2ccccc2n2nnc3ccc(Cl)cc3c12. The maximum absolute atomic E-state index is 11.3. The smallest absolute Gasteiger partial charge is 0.143 e. The largest absolute Gasteiger partial charge is 0.211 e. The third kappa shape index (κ3) is 1.38. The third-order valence-electron chi connectivity index (χ3n) is 3.37. The summed E-state index contributed by atoms with van der Waals surface area (Å²) >= 11 is 6.05. The van der Waals surface area contributed by atoms with Crippen molar-refractivity contribution in [3.8, 4) is 0 Å². The fourth-order valence-corrected chi connectivity index (χ4v) is 2.68. The van der Waals surface area contributed by atoms with Crippen molar-refractivity contribution in [2.75, 3.05) is 0 Å². The Morgan fingerprint density at radius 2 is 1.95 bits per heavy atom. The Bertz CT molecular complexity index is 993. The first-order chi connectivity index (χ1) is 9.79. The average Bonchev–Trinajstić information content (AvgIpc) is 2.81. The van der Waals surface area contributed by atoms with Crippen molar-refractivity contribution < 1.29 is 0 Å². The molecule has 0 atom stereocenters. The Morgan fingerprint density at radius 3 is 2.80 bits per heavy atom. The van der Waals surface area contributed by atoms with Crippen LogP contribution in [0.15, 0.2) is 47.6 Å². The molecule has 96 valence electrons. The van der Waals surface area contributed by atoms with Gasteiger partial charge in [-0.15, -0.1) is 10.0 Å². The van der Waals surface area contributed by atoms with Crippen molar-refractivity contribution >= 4 is 44.6 Å². The highest BCUT2D eigenvalue weighted by atomic mass is 35.5. The minimum Gasteiger partial charge on any atom is -0.211 e. The summed E-state index contributed by atoms with van der Waals surface area (Å²) in [6.07, 6.45) is 0. The standard InChI is InChI=1S/C14H7ClN4O/c15-8-5-6-11-10(7-8)14-13(17-20)9-3-1-2-4-12(9)19(14)18-16-11/h1-7H. The molecule has 4 rings (SSSR count). The molecule has 0 amide bonds. The zero-order valence-corrected chi connectivity index (χ0v) is 10.9. The zero-order valence-electron chi connectivity index (χ0n) is 10.1. The molecule has 0 bridgehead atoms. The lowest BCUT2D eigenvalue weighted by Gasteiger charge is -2.00. The molecule has 0 aliphatic rings. The van der Waals surface area contributed by atoms with Crippen LogP contribution in [0.2, 0.25) is 5.02 Å². The first-order valence-corrected chi connectivity index (χ1v) is 6.36. The van der Waals surface area contributed by atoms with E-state index in [4.69, 9.17) is 11.6 Å². The van der Waals surface area contributed by atoms with Gasteiger partial charge < -0.3 is 0 Å². The number of aromatic nitrogens is 3. The Balaban J connectivity index is 2.38. The van der Waals surface area contributed by atoms with Gasteiger partial charge in [-0.2, -0.15) is 0 Å². The van der Waals surface area contributed by atoms with Crippen LogP contribution in [0, 0.1) is 4.91 Å². The van der Waals surface area contributed by atoms with Crippen LogP contribution in [-0.4, -0.2) is 14.8 Å². The number of benzene rings is 2. The fraction of sp³-hybridized carbons (Fsp3) is 0.